The standard InChI is InChI=1S/C17H13ClIN3/c18-12-2-1-3-14(10-12)22-17-15(8-9-20-17)16(21-22)11-4-6-13(19)7-5-11/h1-7,10,20H,8-9H2. The van der Waals surface area contributed by atoms with Crippen LogP contribution in [0.15, 0.2) is 48.5 Å². The molecule has 2 aromatic carbocycles. The van der Waals surface area contributed by atoms with Crippen molar-refractivity contribution in [2.45, 2.75) is 6.42 Å². The molecule has 3 nitrogen and oxygen atoms in total. The summed E-state index contributed by atoms with van der Waals surface area (Å²) >= 11 is 8.44. The molecule has 1 N–H and O–H groups in total. The number of fused-ring (bicyclic) bond motifs is 1. The number of rotatable bonds is 2. The molecule has 2 heterocycles. The van der Waals surface area contributed by atoms with Crippen LogP contribution in [0.25, 0.3) is 16.9 Å². The number of hydrogen-bond donors (Lipinski definition) is 1. The average molecular weight is 422 g/mol. The molecule has 0 atom stereocenters. The monoisotopic (exact) mass is 421 g/mol. The molecule has 0 unspecified atom stereocenters. The van der Waals surface area contributed by atoms with Crippen LogP contribution in [0.2, 0.25) is 5.02 Å². The van der Waals surface area contributed by atoms with E-state index in [1.54, 1.807) is 0 Å². The minimum atomic E-state index is 0.718. The molecule has 0 amide bonds. The van der Waals surface area contributed by atoms with E-state index in [0.29, 0.717) is 0 Å². The predicted molar refractivity (Wildman–Crippen MR) is 98.9 cm³/mol. The van der Waals surface area contributed by atoms with Crippen molar-refractivity contribution in [3.8, 4) is 16.9 Å². The molecule has 3 aromatic rings. The highest BCUT2D eigenvalue weighted by Gasteiger charge is 2.23. The fraction of sp³-hybridized carbons (Fsp3) is 0.118. The second-order valence-electron chi connectivity index (χ2n) is 5.25. The summed E-state index contributed by atoms with van der Waals surface area (Å²) in [6, 6.07) is 16.3. The lowest BCUT2D eigenvalue weighted by Crippen LogP contribution is -2.04. The number of aromatic nitrogens is 2. The Balaban J connectivity index is 1.88. The van der Waals surface area contributed by atoms with Gasteiger partial charge in [-0.2, -0.15) is 5.10 Å². The maximum atomic E-state index is 6.12. The molecule has 22 heavy (non-hydrogen) atoms. The molecule has 1 aliphatic heterocycles. The summed E-state index contributed by atoms with van der Waals surface area (Å²) < 4.78 is 3.19. The van der Waals surface area contributed by atoms with Crippen LogP contribution in [0.4, 0.5) is 5.82 Å². The highest BCUT2D eigenvalue weighted by molar-refractivity contribution is 14.1. The Morgan fingerprint density at radius 3 is 2.73 bits per heavy atom. The molecule has 0 fully saturated rings. The third-order valence-corrected chi connectivity index (χ3v) is 4.78. The van der Waals surface area contributed by atoms with Crippen LogP contribution in [0.5, 0.6) is 0 Å². The van der Waals surface area contributed by atoms with Gasteiger partial charge in [0.25, 0.3) is 0 Å². The summed E-state index contributed by atoms with van der Waals surface area (Å²) in [4.78, 5) is 0. The minimum absolute atomic E-state index is 0.718. The van der Waals surface area contributed by atoms with E-state index in [9.17, 15) is 0 Å². The van der Waals surface area contributed by atoms with Gasteiger partial charge in [0.2, 0.25) is 0 Å². The molecule has 0 radical (unpaired) electrons. The van der Waals surface area contributed by atoms with Crippen molar-refractivity contribution in [1.29, 1.82) is 0 Å². The van der Waals surface area contributed by atoms with E-state index in [1.165, 1.54) is 9.13 Å². The lowest BCUT2D eigenvalue weighted by atomic mass is 10.1. The zero-order valence-corrected chi connectivity index (χ0v) is 14.6. The first-order valence-electron chi connectivity index (χ1n) is 7.10. The van der Waals surface area contributed by atoms with Crippen LogP contribution in [0.3, 0.4) is 0 Å². The smallest absolute Gasteiger partial charge is 0.133 e. The van der Waals surface area contributed by atoms with Gasteiger partial charge in [0.05, 0.1) is 11.4 Å². The number of nitrogens with one attached hydrogen (secondary N) is 1. The second kappa shape index (κ2) is 5.59. The molecule has 4 rings (SSSR count). The van der Waals surface area contributed by atoms with Crippen LogP contribution in [-0.4, -0.2) is 16.3 Å². The molecule has 1 aromatic heterocycles. The van der Waals surface area contributed by atoms with Gasteiger partial charge in [-0.15, -0.1) is 0 Å². The summed E-state index contributed by atoms with van der Waals surface area (Å²) in [5, 5.41) is 9.00. The molecule has 0 saturated carbocycles. The number of nitrogens with zero attached hydrogens (tertiary/aromatic N) is 2. The minimum Gasteiger partial charge on any atom is -0.369 e. The van der Waals surface area contributed by atoms with Gasteiger partial charge in [-0.25, -0.2) is 4.68 Å². The van der Waals surface area contributed by atoms with Gasteiger partial charge in [-0.05, 0) is 59.3 Å². The van der Waals surface area contributed by atoms with E-state index < -0.39 is 0 Å². The zero-order chi connectivity index (χ0) is 15.1. The average Bonchev–Trinajstić information content (AvgIpc) is 3.10. The molecule has 1 aliphatic rings. The van der Waals surface area contributed by atoms with Crippen molar-refractivity contribution < 1.29 is 0 Å². The third-order valence-electron chi connectivity index (χ3n) is 3.82. The zero-order valence-electron chi connectivity index (χ0n) is 11.7. The van der Waals surface area contributed by atoms with Crippen LogP contribution in [0, 0.1) is 3.57 Å². The summed E-state index contributed by atoms with van der Waals surface area (Å²) in [6.45, 7) is 0.950. The maximum absolute atomic E-state index is 6.12. The van der Waals surface area contributed by atoms with Gasteiger partial charge in [-0.3, -0.25) is 0 Å². The summed E-state index contributed by atoms with van der Waals surface area (Å²) in [5.74, 6) is 1.08. The summed E-state index contributed by atoms with van der Waals surface area (Å²) in [6.07, 6.45) is 0.997. The van der Waals surface area contributed by atoms with E-state index in [1.807, 2.05) is 28.9 Å². The molecule has 0 saturated heterocycles. The fourth-order valence-electron chi connectivity index (χ4n) is 2.81. The summed E-state index contributed by atoms with van der Waals surface area (Å²) in [5.41, 5.74) is 4.47. The summed E-state index contributed by atoms with van der Waals surface area (Å²) in [7, 11) is 0. The number of hydrogen-bond acceptors (Lipinski definition) is 2. The largest absolute Gasteiger partial charge is 0.369 e. The van der Waals surface area contributed by atoms with Gasteiger partial charge < -0.3 is 5.32 Å². The highest BCUT2D eigenvalue weighted by atomic mass is 127. The Morgan fingerprint density at radius 2 is 1.95 bits per heavy atom. The Hall–Kier alpha value is -1.53. The normalized spacial score (nSPS) is 13.0. The van der Waals surface area contributed by atoms with E-state index in [4.69, 9.17) is 16.7 Å². The molecule has 5 heteroatoms. The van der Waals surface area contributed by atoms with Crippen molar-refractivity contribution in [1.82, 2.24) is 9.78 Å². The topological polar surface area (TPSA) is 29.9 Å². The first kappa shape index (κ1) is 14.1. The van der Waals surface area contributed by atoms with Crippen LogP contribution in [-0.2, 0) is 6.42 Å². The first-order valence-corrected chi connectivity index (χ1v) is 8.56. The van der Waals surface area contributed by atoms with E-state index in [2.05, 4.69) is 52.2 Å². The number of benzene rings is 2. The van der Waals surface area contributed by atoms with E-state index in [0.717, 1.165) is 40.8 Å². The van der Waals surface area contributed by atoms with Crippen molar-refractivity contribution in [3.05, 3.63) is 62.7 Å². The maximum Gasteiger partial charge on any atom is 0.133 e. The van der Waals surface area contributed by atoms with Gasteiger partial charge >= 0.3 is 0 Å². The van der Waals surface area contributed by atoms with Crippen molar-refractivity contribution >= 4 is 40.0 Å². The van der Waals surface area contributed by atoms with E-state index >= 15 is 0 Å². The van der Waals surface area contributed by atoms with Crippen LogP contribution < -0.4 is 5.32 Å². The third kappa shape index (κ3) is 2.40. The lowest BCUT2D eigenvalue weighted by molar-refractivity contribution is 0.882. The van der Waals surface area contributed by atoms with Crippen molar-refractivity contribution in [2.24, 2.45) is 0 Å². The fourth-order valence-corrected chi connectivity index (χ4v) is 3.35. The van der Waals surface area contributed by atoms with Gasteiger partial charge in [-0.1, -0.05) is 29.8 Å². The highest BCUT2D eigenvalue weighted by Crippen LogP contribution is 2.35. The number of halogens is 2. The van der Waals surface area contributed by atoms with Crippen LogP contribution in [0.1, 0.15) is 5.56 Å². The molecule has 110 valence electrons. The quantitative estimate of drug-likeness (QED) is 0.604. The predicted octanol–water partition coefficient (Wildman–Crippen LogP) is 4.77. The Kier molecular flexibility index (Phi) is 3.58. The van der Waals surface area contributed by atoms with Gasteiger partial charge in [0, 0.05) is 26.3 Å². The molecule has 0 spiro atoms. The molecule has 0 aliphatic carbocycles. The lowest BCUT2D eigenvalue weighted by Gasteiger charge is -2.06. The second-order valence-corrected chi connectivity index (χ2v) is 6.93. The van der Waals surface area contributed by atoms with Crippen LogP contribution >= 0.6 is 34.2 Å². The molecular formula is C17H13ClIN3. The SMILES string of the molecule is Clc1cccc(-n2nc(-c3ccc(I)cc3)c3c2NCC3)c1. The van der Waals surface area contributed by atoms with Gasteiger partial charge in [0.1, 0.15) is 5.82 Å². The Bertz CT molecular complexity index is 840. The number of anilines is 1. The van der Waals surface area contributed by atoms with Crippen molar-refractivity contribution in [3.63, 3.8) is 0 Å². The van der Waals surface area contributed by atoms with E-state index in [-0.39, 0.29) is 0 Å². The first-order chi connectivity index (χ1) is 10.7. The Morgan fingerprint density at radius 1 is 1.14 bits per heavy atom. The molecule has 0 bridgehead atoms. The Labute approximate surface area is 147 Å². The van der Waals surface area contributed by atoms with Gasteiger partial charge in [0.15, 0.2) is 0 Å². The van der Waals surface area contributed by atoms with Crippen molar-refractivity contribution in [2.75, 3.05) is 11.9 Å². The molecular weight excluding hydrogens is 409 g/mol.